The van der Waals surface area contributed by atoms with Gasteiger partial charge in [-0.15, -0.1) is 0 Å². The molecule has 2 heterocycles. The van der Waals surface area contributed by atoms with Gasteiger partial charge in [0, 0.05) is 17.0 Å². The van der Waals surface area contributed by atoms with Gasteiger partial charge < -0.3 is 9.72 Å². The Labute approximate surface area is 185 Å². The molecule has 162 valence electrons. The number of ether oxygens (including phenoxy) is 1. The number of aromatic amines is 1. The molecular formula is C25H23N3O4. The number of imide groups is 1. The van der Waals surface area contributed by atoms with E-state index in [1.807, 2.05) is 62.4 Å². The fraction of sp³-hybridized carbons (Fsp3) is 0.160. The Kier molecular flexibility index (Phi) is 5.89. The van der Waals surface area contributed by atoms with Crippen LogP contribution in [0.15, 0.2) is 60.7 Å². The Morgan fingerprint density at radius 3 is 2.50 bits per heavy atom. The quantitative estimate of drug-likeness (QED) is 0.601. The van der Waals surface area contributed by atoms with Gasteiger partial charge in [-0.25, -0.2) is 4.79 Å². The van der Waals surface area contributed by atoms with Gasteiger partial charge in [-0.3, -0.25) is 19.8 Å². The molecule has 0 saturated carbocycles. The number of aryl methyl sites for hydroxylation is 2. The second-order valence-corrected chi connectivity index (χ2v) is 7.63. The predicted molar refractivity (Wildman–Crippen MR) is 122 cm³/mol. The molecule has 7 nitrogen and oxygen atoms in total. The molecule has 0 unspecified atom stereocenters. The summed E-state index contributed by atoms with van der Waals surface area (Å²) in [4.78, 5) is 42.2. The Hall–Kier alpha value is -4.13. The summed E-state index contributed by atoms with van der Waals surface area (Å²) in [7, 11) is 0. The third-order valence-corrected chi connectivity index (χ3v) is 5.19. The van der Waals surface area contributed by atoms with Gasteiger partial charge in [-0.1, -0.05) is 48.5 Å². The van der Waals surface area contributed by atoms with Gasteiger partial charge in [0.1, 0.15) is 13.2 Å². The van der Waals surface area contributed by atoms with Crippen molar-refractivity contribution in [2.24, 2.45) is 0 Å². The van der Waals surface area contributed by atoms with E-state index in [4.69, 9.17) is 4.74 Å². The molecule has 7 heteroatoms. The first kappa shape index (κ1) is 21.1. The van der Waals surface area contributed by atoms with Crippen LogP contribution in [0.2, 0.25) is 0 Å². The molecule has 2 aromatic carbocycles. The number of fused-ring (bicyclic) bond motifs is 1. The van der Waals surface area contributed by atoms with Gasteiger partial charge in [0.2, 0.25) is 5.91 Å². The van der Waals surface area contributed by atoms with Crippen molar-refractivity contribution in [3.05, 3.63) is 88.7 Å². The smallest absolute Gasteiger partial charge is 0.414 e. The van der Waals surface area contributed by atoms with Crippen molar-refractivity contribution >= 4 is 35.2 Å². The first-order valence-corrected chi connectivity index (χ1v) is 10.2. The van der Waals surface area contributed by atoms with Crippen LogP contribution in [0.3, 0.4) is 0 Å². The largest absolute Gasteiger partial charge is 0.444 e. The normalized spacial score (nSPS) is 13.9. The molecule has 1 aliphatic heterocycles. The molecule has 32 heavy (non-hydrogen) atoms. The number of benzene rings is 2. The third-order valence-electron chi connectivity index (χ3n) is 5.19. The molecular weight excluding hydrogens is 406 g/mol. The predicted octanol–water partition coefficient (Wildman–Crippen LogP) is 3.97. The van der Waals surface area contributed by atoms with Crippen LogP contribution in [0, 0.1) is 13.8 Å². The van der Waals surface area contributed by atoms with Crippen molar-refractivity contribution in [2.75, 3.05) is 11.4 Å². The second kappa shape index (κ2) is 8.93. The summed E-state index contributed by atoms with van der Waals surface area (Å²) in [5, 5.41) is 2.19. The average molecular weight is 429 g/mol. The van der Waals surface area contributed by atoms with Crippen molar-refractivity contribution in [3.8, 4) is 0 Å². The van der Waals surface area contributed by atoms with E-state index in [-0.39, 0.29) is 19.1 Å². The first-order valence-electron chi connectivity index (χ1n) is 10.2. The molecule has 4 rings (SSSR count). The number of nitrogens with zero attached hydrogens (tertiary/aromatic N) is 1. The van der Waals surface area contributed by atoms with Gasteiger partial charge in [-0.05, 0) is 43.2 Å². The molecule has 0 spiro atoms. The Bertz CT molecular complexity index is 1210. The third kappa shape index (κ3) is 4.46. The van der Waals surface area contributed by atoms with Crippen molar-refractivity contribution in [2.45, 2.75) is 20.5 Å². The van der Waals surface area contributed by atoms with E-state index in [0.717, 1.165) is 28.1 Å². The SMILES string of the molecule is Cc1cc(C)c(C=C2C(=O)N(CC(=O)NC(=O)OCc3ccccc3)c3ccccc32)[nH]1. The summed E-state index contributed by atoms with van der Waals surface area (Å²) in [6.45, 7) is 3.67. The summed E-state index contributed by atoms with van der Waals surface area (Å²) in [6, 6.07) is 18.4. The highest BCUT2D eigenvalue weighted by Gasteiger charge is 2.33. The maximum absolute atomic E-state index is 13.2. The minimum Gasteiger partial charge on any atom is -0.444 e. The molecule has 3 aromatic rings. The zero-order valence-corrected chi connectivity index (χ0v) is 17.8. The fourth-order valence-corrected chi connectivity index (χ4v) is 3.70. The van der Waals surface area contributed by atoms with E-state index in [2.05, 4.69) is 10.3 Å². The monoisotopic (exact) mass is 429 g/mol. The minimum absolute atomic E-state index is 0.0488. The molecule has 0 atom stereocenters. The van der Waals surface area contributed by atoms with Crippen LogP contribution < -0.4 is 10.2 Å². The van der Waals surface area contributed by atoms with Crippen LogP contribution >= 0.6 is 0 Å². The number of amides is 3. The minimum atomic E-state index is -0.855. The maximum Gasteiger partial charge on any atom is 0.414 e. The number of anilines is 1. The van der Waals surface area contributed by atoms with Crippen molar-refractivity contribution in [1.29, 1.82) is 0 Å². The average Bonchev–Trinajstić information content (AvgIpc) is 3.23. The highest BCUT2D eigenvalue weighted by atomic mass is 16.5. The highest BCUT2D eigenvalue weighted by molar-refractivity contribution is 6.36. The molecule has 0 fully saturated rings. The van der Waals surface area contributed by atoms with E-state index < -0.39 is 12.0 Å². The second-order valence-electron chi connectivity index (χ2n) is 7.63. The summed E-state index contributed by atoms with van der Waals surface area (Å²) in [5.41, 5.74) is 5.53. The Balaban J connectivity index is 1.46. The topological polar surface area (TPSA) is 91.5 Å². The van der Waals surface area contributed by atoms with Gasteiger partial charge in [0.15, 0.2) is 0 Å². The summed E-state index contributed by atoms with van der Waals surface area (Å²) >= 11 is 0. The standard InChI is InChI=1S/C25H23N3O4/c1-16-12-17(2)26-21(16)13-20-19-10-6-7-11-22(19)28(24(20)30)14-23(29)27-25(31)32-15-18-8-4-3-5-9-18/h3-13,26H,14-15H2,1-2H3,(H,27,29,31). The van der Waals surface area contributed by atoms with Gasteiger partial charge in [0.05, 0.1) is 11.3 Å². The lowest BCUT2D eigenvalue weighted by molar-refractivity contribution is -0.121. The van der Waals surface area contributed by atoms with E-state index in [1.165, 1.54) is 4.90 Å². The van der Waals surface area contributed by atoms with E-state index in [0.29, 0.717) is 11.3 Å². The highest BCUT2D eigenvalue weighted by Crippen LogP contribution is 2.37. The van der Waals surface area contributed by atoms with Gasteiger partial charge >= 0.3 is 6.09 Å². The lowest BCUT2D eigenvalue weighted by Crippen LogP contribution is -2.41. The van der Waals surface area contributed by atoms with Gasteiger partial charge in [0.25, 0.3) is 5.91 Å². The molecule has 0 saturated heterocycles. The first-order chi connectivity index (χ1) is 15.4. The van der Waals surface area contributed by atoms with Crippen LogP contribution in [0.4, 0.5) is 10.5 Å². The number of nitrogens with one attached hydrogen (secondary N) is 2. The number of para-hydroxylation sites is 1. The van der Waals surface area contributed by atoms with E-state index >= 15 is 0 Å². The number of hydrogen-bond donors (Lipinski definition) is 2. The summed E-state index contributed by atoms with van der Waals surface area (Å²) in [5.74, 6) is -0.926. The molecule has 0 aliphatic carbocycles. The van der Waals surface area contributed by atoms with E-state index in [9.17, 15) is 14.4 Å². The number of H-pyrrole nitrogens is 1. The number of carbonyl (C=O) groups excluding carboxylic acids is 3. The lowest BCUT2D eigenvalue weighted by Gasteiger charge is -2.16. The summed E-state index contributed by atoms with van der Waals surface area (Å²) < 4.78 is 5.09. The van der Waals surface area contributed by atoms with Crippen LogP contribution in [-0.2, 0) is 20.9 Å². The van der Waals surface area contributed by atoms with Crippen molar-refractivity contribution < 1.29 is 19.1 Å². The summed E-state index contributed by atoms with van der Waals surface area (Å²) in [6.07, 6.45) is 0.947. The van der Waals surface area contributed by atoms with Crippen LogP contribution in [-0.4, -0.2) is 29.4 Å². The zero-order valence-electron chi connectivity index (χ0n) is 17.8. The fourth-order valence-electron chi connectivity index (χ4n) is 3.70. The number of hydrogen-bond acceptors (Lipinski definition) is 4. The van der Waals surface area contributed by atoms with E-state index in [1.54, 1.807) is 18.2 Å². The number of carbonyl (C=O) groups is 3. The van der Waals surface area contributed by atoms with Crippen LogP contribution in [0.5, 0.6) is 0 Å². The van der Waals surface area contributed by atoms with Gasteiger partial charge in [-0.2, -0.15) is 0 Å². The molecule has 3 amide bonds. The number of aromatic nitrogens is 1. The molecule has 1 aromatic heterocycles. The Morgan fingerprint density at radius 2 is 1.78 bits per heavy atom. The zero-order chi connectivity index (χ0) is 22.7. The Morgan fingerprint density at radius 1 is 1.06 bits per heavy atom. The molecule has 0 radical (unpaired) electrons. The van der Waals surface area contributed by atoms with Crippen molar-refractivity contribution in [3.63, 3.8) is 0 Å². The lowest BCUT2D eigenvalue weighted by atomic mass is 10.1. The molecule has 2 N–H and O–H groups in total. The molecule has 0 bridgehead atoms. The van der Waals surface area contributed by atoms with Crippen LogP contribution in [0.1, 0.15) is 28.1 Å². The van der Waals surface area contributed by atoms with Crippen LogP contribution in [0.25, 0.3) is 11.6 Å². The van der Waals surface area contributed by atoms with Crippen molar-refractivity contribution in [1.82, 2.24) is 10.3 Å². The molecule has 1 aliphatic rings. The number of alkyl carbamates (subject to hydrolysis) is 1. The maximum atomic E-state index is 13.2. The number of rotatable bonds is 5.